The molecule has 0 bridgehead atoms. The van der Waals surface area contributed by atoms with Gasteiger partial charge in [-0.15, -0.1) is 0 Å². The summed E-state index contributed by atoms with van der Waals surface area (Å²) in [7, 11) is 0. The average Bonchev–Trinajstić information content (AvgIpc) is 3.12. The Labute approximate surface area is 143 Å². The van der Waals surface area contributed by atoms with Gasteiger partial charge < -0.3 is 14.4 Å². The van der Waals surface area contributed by atoms with Crippen LogP contribution in [0.2, 0.25) is 0 Å². The van der Waals surface area contributed by atoms with Crippen molar-refractivity contribution >= 4 is 5.91 Å². The minimum absolute atomic E-state index is 0.0438. The van der Waals surface area contributed by atoms with Crippen LogP contribution < -0.4 is 9.47 Å². The number of benzene rings is 2. The minimum Gasteiger partial charge on any atom is -0.494 e. The van der Waals surface area contributed by atoms with Gasteiger partial charge in [-0.25, -0.2) is 0 Å². The molecule has 1 aliphatic rings. The van der Waals surface area contributed by atoms with Crippen LogP contribution in [-0.4, -0.2) is 37.1 Å². The van der Waals surface area contributed by atoms with Crippen molar-refractivity contribution in [3.05, 3.63) is 60.2 Å². The van der Waals surface area contributed by atoms with Gasteiger partial charge in [-0.3, -0.25) is 4.79 Å². The third-order valence-corrected chi connectivity index (χ3v) is 4.31. The van der Waals surface area contributed by atoms with Crippen molar-refractivity contribution in [2.45, 2.75) is 19.3 Å². The first-order valence-corrected chi connectivity index (χ1v) is 8.44. The Morgan fingerprint density at radius 1 is 1.04 bits per heavy atom. The van der Waals surface area contributed by atoms with Crippen LogP contribution in [0.4, 0.5) is 0 Å². The lowest BCUT2D eigenvalue weighted by atomic mass is 9.99. The first-order valence-electron chi connectivity index (χ1n) is 8.44. The van der Waals surface area contributed by atoms with E-state index in [1.807, 2.05) is 42.2 Å². The van der Waals surface area contributed by atoms with Gasteiger partial charge >= 0.3 is 0 Å². The highest BCUT2D eigenvalue weighted by Gasteiger charge is 2.27. The lowest BCUT2D eigenvalue weighted by molar-refractivity contribution is -0.132. The number of amides is 1. The summed E-state index contributed by atoms with van der Waals surface area (Å²) < 4.78 is 11.0. The molecule has 1 unspecified atom stereocenters. The van der Waals surface area contributed by atoms with Gasteiger partial charge in [-0.05, 0) is 43.2 Å². The molecule has 1 fully saturated rings. The largest absolute Gasteiger partial charge is 0.494 e. The Kier molecular flexibility index (Phi) is 5.36. The summed E-state index contributed by atoms with van der Waals surface area (Å²) in [5.41, 5.74) is 1.31. The van der Waals surface area contributed by atoms with Crippen LogP contribution in [0.15, 0.2) is 54.6 Å². The van der Waals surface area contributed by atoms with E-state index in [1.54, 1.807) is 0 Å². The van der Waals surface area contributed by atoms with E-state index in [-0.39, 0.29) is 12.5 Å². The van der Waals surface area contributed by atoms with E-state index in [0.717, 1.165) is 25.3 Å². The van der Waals surface area contributed by atoms with Gasteiger partial charge in [0.25, 0.3) is 5.91 Å². The molecule has 0 N–H and O–H groups in total. The van der Waals surface area contributed by atoms with Crippen LogP contribution in [0.25, 0.3) is 0 Å². The molecule has 1 amide bonds. The molecule has 2 aromatic rings. The maximum absolute atomic E-state index is 12.3. The molecule has 2 aromatic carbocycles. The second-order valence-corrected chi connectivity index (χ2v) is 5.93. The predicted molar refractivity (Wildman–Crippen MR) is 93.5 cm³/mol. The highest BCUT2D eigenvalue weighted by Crippen LogP contribution is 2.27. The van der Waals surface area contributed by atoms with Crippen molar-refractivity contribution in [2.75, 3.05) is 26.3 Å². The molecule has 0 aliphatic carbocycles. The monoisotopic (exact) mass is 325 g/mol. The van der Waals surface area contributed by atoms with Crippen LogP contribution in [0.3, 0.4) is 0 Å². The maximum atomic E-state index is 12.3. The molecule has 0 radical (unpaired) electrons. The van der Waals surface area contributed by atoms with Gasteiger partial charge in [0.15, 0.2) is 6.61 Å². The summed E-state index contributed by atoms with van der Waals surface area (Å²) in [5, 5.41) is 0. The molecule has 3 rings (SSSR count). The third-order valence-electron chi connectivity index (χ3n) is 4.31. The maximum Gasteiger partial charge on any atom is 0.260 e. The van der Waals surface area contributed by atoms with E-state index in [0.29, 0.717) is 18.3 Å². The predicted octanol–water partition coefficient (Wildman–Crippen LogP) is 3.48. The number of ether oxygens (including phenoxy) is 2. The molecule has 0 aromatic heterocycles. The summed E-state index contributed by atoms with van der Waals surface area (Å²) >= 11 is 0. The molecule has 0 saturated carbocycles. The Bertz CT molecular complexity index is 654. The van der Waals surface area contributed by atoms with Crippen molar-refractivity contribution < 1.29 is 14.3 Å². The van der Waals surface area contributed by atoms with Gasteiger partial charge in [0.2, 0.25) is 0 Å². The number of carbonyl (C=O) groups is 1. The zero-order valence-corrected chi connectivity index (χ0v) is 14.0. The summed E-state index contributed by atoms with van der Waals surface area (Å²) in [6.45, 7) is 4.23. The number of carbonyl (C=O) groups excluding carboxylic acids is 1. The van der Waals surface area contributed by atoms with Crippen molar-refractivity contribution in [1.82, 2.24) is 4.90 Å². The van der Waals surface area contributed by atoms with E-state index < -0.39 is 0 Å². The fraction of sp³-hybridized carbons (Fsp3) is 0.350. The van der Waals surface area contributed by atoms with Crippen LogP contribution in [0.5, 0.6) is 11.5 Å². The highest BCUT2D eigenvalue weighted by molar-refractivity contribution is 5.78. The number of rotatable bonds is 6. The number of hydrogen-bond acceptors (Lipinski definition) is 3. The number of likely N-dealkylation sites (tertiary alicyclic amines) is 1. The number of nitrogens with zero attached hydrogens (tertiary/aromatic N) is 1. The van der Waals surface area contributed by atoms with Crippen molar-refractivity contribution in [1.29, 1.82) is 0 Å². The molecule has 1 atom stereocenters. The molecule has 4 heteroatoms. The molecule has 126 valence electrons. The minimum atomic E-state index is 0.0438. The number of hydrogen-bond donors (Lipinski definition) is 0. The molecule has 1 heterocycles. The quantitative estimate of drug-likeness (QED) is 0.816. The first kappa shape index (κ1) is 16.4. The fourth-order valence-corrected chi connectivity index (χ4v) is 3.02. The molecule has 0 spiro atoms. The Morgan fingerprint density at radius 2 is 1.71 bits per heavy atom. The van der Waals surface area contributed by atoms with Gasteiger partial charge in [0.1, 0.15) is 11.5 Å². The molecule has 4 nitrogen and oxygen atoms in total. The van der Waals surface area contributed by atoms with Gasteiger partial charge in [0.05, 0.1) is 6.61 Å². The second-order valence-electron chi connectivity index (χ2n) is 5.93. The SMILES string of the molecule is CCOc1ccc(OCC(=O)N2CCC(c3ccccc3)C2)cc1. The van der Waals surface area contributed by atoms with E-state index >= 15 is 0 Å². The van der Waals surface area contributed by atoms with Crippen molar-refractivity contribution in [3.63, 3.8) is 0 Å². The fourth-order valence-electron chi connectivity index (χ4n) is 3.02. The van der Waals surface area contributed by atoms with Crippen LogP contribution >= 0.6 is 0 Å². The topological polar surface area (TPSA) is 38.8 Å². The Morgan fingerprint density at radius 3 is 2.38 bits per heavy atom. The molecule has 24 heavy (non-hydrogen) atoms. The lowest BCUT2D eigenvalue weighted by Crippen LogP contribution is -2.32. The molecule has 1 saturated heterocycles. The molecular formula is C20H23NO3. The Hall–Kier alpha value is -2.49. The van der Waals surface area contributed by atoms with Crippen LogP contribution in [0.1, 0.15) is 24.8 Å². The first-order chi connectivity index (χ1) is 11.8. The van der Waals surface area contributed by atoms with E-state index in [1.165, 1.54) is 5.56 Å². The standard InChI is InChI=1S/C20H23NO3/c1-2-23-18-8-10-19(11-9-18)24-15-20(22)21-13-12-17(14-21)16-6-4-3-5-7-16/h3-11,17H,2,12-15H2,1H3. The summed E-state index contributed by atoms with van der Waals surface area (Å²) in [5.74, 6) is 1.97. The van der Waals surface area contributed by atoms with Crippen molar-refractivity contribution in [3.8, 4) is 11.5 Å². The highest BCUT2D eigenvalue weighted by atomic mass is 16.5. The van der Waals surface area contributed by atoms with Crippen molar-refractivity contribution in [2.24, 2.45) is 0 Å². The smallest absolute Gasteiger partial charge is 0.260 e. The van der Waals surface area contributed by atoms with Gasteiger partial charge in [-0.2, -0.15) is 0 Å². The zero-order chi connectivity index (χ0) is 16.8. The van der Waals surface area contributed by atoms with E-state index in [2.05, 4.69) is 24.3 Å². The van der Waals surface area contributed by atoms with Gasteiger partial charge in [-0.1, -0.05) is 30.3 Å². The molecule has 1 aliphatic heterocycles. The van der Waals surface area contributed by atoms with E-state index in [4.69, 9.17) is 9.47 Å². The van der Waals surface area contributed by atoms with Gasteiger partial charge in [0, 0.05) is 19.0 Å². The third kappa shape index (κ3) is 4.07. The summed E-state index contributed by atoms with van der Waals surface area (Å²) in [4.78, 5) is 14.2. The summed E-state index contributed by atoms with van der Waals surface area (Å²) in [6.07, 6.45) is 1.01. The van der Waals surface area contributed by atoms with Crippen LogP contribution in [0, 0.1) is 0 Å². The molecular weight excluding hydrogens is 302 g/mol. The van der Waals surface area contributed by atoms with E-state index in [9.17, 15) is 4.79 Å². The summed E-state index contributed by atoms with van der Waals surface area (Å²) in [6, 6.07) is 17.7. The average molecular weight is 325 g/mol. The lowest BCUT2D eigenvalue weighted by Gasteiger charge is -2.17. The van der Waals surface area contributed by atoms with Crippen LogP contribution in [-0.2, 0) is 4.79 Å². The second kappa shape index (κ2) is 7.86. The normalized spacial score (nSPS) is 16.9. The zero-order valence-electron chi connectivity index (χ0n) is 14.0. The Balaban J connectivity index is 1.49.